The van der Waals surface area contributed by atoms with Gasteiger partial charge in [-0.2, -0.15) is 0 Å². The molecule has 7 heteroatoms. The van der Waals surface area contributed by atoms with E-state index in [2.05, 4.69) is 26.1 Å². The van der Waals surface area contributed by atoms with Gasteiger partial charge in [-0.15, -0.1) is 11.3 Å². The van der Waals surface area contributed by atoms with Crippen molar-refractivity contribution in [3.63, 3.8) is 0 Å². The van der Waals surface area contributed by atoms with Crippen LogP contribution in [0.1, 0.15) is 29.6 Å². The number of aromatic nitrogens is 2. The summed E-state index contributed by atoms with van der Waals surface area (Å²) in [5.41, 5.74) is 3.12. The van der Waals surface area contributed by atoms with Crippen LogP contribution in [-0.2, 0) is 11.2 Å². The molecule has 1 N–H and O–H groups in total. The van der Waals surface area contributed by atoms with E-state index < -0.39 is 0 Å². The Hall–Kier alpha value is -2.12. The van der Waals surface area contributed by atoms with Crippen molar-refractivity contribution >= 4 is 50.6 Å². The average Bonchev–Trinajstić information content (AvgIpc) is 2.94. The molecule has 0 bridgehead atoms. The molecular formula is C21H26N4OS2. The highest BCUT2D eigenvalue weighted by atomic mass is 32.2. The molecule has 28 heavy (non-hydrogen) atoms. The first-order chi connectivity index (χ1) is 13.4. The van der Waals surface area contributed by atoms with Crippen LogP contribution in [0.25, 0.3) is 10.2 Å². The van der Waals surface area contributed by atoms with Crippen molar-refractivity contribution in [3.8, 4) is 0 Å². The maximum atomic E-state index is 12.5. The Balaban J connectivity index is 1.74. The van der Waals surface area contributed by atoms with Gasteiger partial charge in [-0.25, -0.2) is 9.97 Å². The highest BCUT2D eigenvalue weighted by molar-refractivity contribution is 8.00. The van der Waals surface area contributed by atoms with E-state index in [1.807, 2.05) is 43.3 Å². The summed E-state index contributed by atoms with van der Waals surface area (Å²) in [6.07, 6.45) is 1.85. The van der Waals surface area contributed by atoms with E-state index in [1.165, 1.54) is 22.2 Å². The minimum Gasteiger partial charge on any atom is -0.378 e. The molecule has 1 amide bonds. The number of rotatable bonds is 7. The molecule has 0 saturated carbocycles. The molecule has 0 aliphatic carbocycles. The third-order valence-corrected chi connectivity index (χ3v) is 6.60. The number of nitrogens with one attached hydrogen (secondary N) is 1. The summed E-state index contributed by atoms with van der Waals surface area (Å²) >= 11 is 3.19. The summed E-state index contributed by atoms with van der Waals surface area (Å²) in [6, 6.07) is 7.83. The Morgan fingerprint density at radius 1 is 1.18 bits per heavy atom. The highest BCUT2D eigenvalue weighted by Crippen LogP contribution is 2.35. The largest absolute Gasteiger partial charge is 0.378 e. The van der Waals surface area contributed by atoms with E-state index in [4.69, 9.17) is 9.97 Å². The maximum absolute atomic E-state index is 12.5. The van der Waals surface area contributed by atoms with Crippen molar-refractivity contribution < 1.29 is 4.79 Å². The standard InChI is InChI=1S/C21H26N4OS2/c1-6-7-17-23-20(19-13(2)14(3)28-21(19)24-17)27-12-18(26)22-15-8-10-16(11-9-15)25(4)5/h8-11H,6-7,12H2,1-5H3,(H,22,26). The summed E-state index contributed by atoms with van der Waals surface area (Å²) in [5.74, 6) is 1.15. The summed E-state index contributed by atoms with van der Waals surface area (Å²) in [7, 11) is 3.99. The second kappa shape index (κ2) is 8.92. The van der Waals surface area contributed by atoms with Crippen LogP contribution < -0.4 is 10.2 Å². The Morgan fingerprint density at radius 3 is 2.54 bits per heavy atom. The van der Waals surface area contributed by atoms with Crippen molar-refractivity contribution in [1.82, 2.24) is 9.97 Å². The fourth-order valence-electron chi connectivity index (χ4n) is 2.87. The van der Waals surface area contributed by atoms with E-state index in [0.717, 1.165) is 45.3 Å². The van der Waals surface area contributed by atoms with Crippen molar-refractivity contribution in [2.45, 2.75) is 38.6 Å². The SMILES string of the molecule is CCCc1nc(SCC(=O)Nc2ccc(N(C)C)cc2)c2c(C)c(C)sc2n1. The summed E-state index contributed by atoms with van der Waals surface area (Å²) in [4.78, 5) is 26.2. The van der Waals surface area contributed by atoms with E-state index in [0.29, 0.717) is 5.75 Å². The molecule has 0 unspecified atom stereocenters. The lowest BCUT2D eigenvalue weighted by molar-refractivity contribution is -0.113. The Kier molecular flexibility index (Phi) is 6.57. The predicted molar refractivity (Wildman–Crippen MR) is 121 cm³/mol. The van der Waals surface area contributed by atoms with E-state index in [9.17, 15) is 4.79 Å². The number of thiophene rings is 1. The normalized spacial score (nSPS) is 11.0. The Morgan fingerprint density at radius 2 is 1.89 bits per heavy atom. The second-order valence-corrected chi connectivity index (χ2v) is 9.10. The van der Waals surface area contributed by atoms with Crippen LogP contribution in [0.5, 0.6) is 0 Å². The number of nitrogens with zero attached hydrogens (tertiary/aromatic N) is 3. The number of thioether (sulfide) groups is 1. The molecule has 2 heterocycles. The Labute approximate surface area is 174 Å². The predicted octanol–water partition coefficient (Wildman–Crippen LogP) is 5.06. The molecule has 0 radical (unpaired) electrons. The van der Waals surface area contributed by atoms with Crippen molar-refractivity contribution in [2.24, 2.45) is 0 Å². The molecule has 0 aliphatic rings. The summed E-state index contributed by atoms with van der Waals surface area (Å²) in [6.45, 7) is 6.34. The van der Waals surface area contributed by atoms with Crippen molar-refractivity contribution in [2.75, 3.05) is 30.1 Å². The van der Waals surface area contributed by atoms with Gasteiger partial charge >= 0.3 is 0 Å². The number of carbonyl (C=O) groups is 1. The number of amides is 1. The lowest BCUT2D eigenvalue weighted by Crippen LogP contribution is -2.14. The van der Waals surface area contributed by atoms with Crippen molar-refractivity contribution in [3.05, 3.63) is 40.5 Å². The van der Waals surface area contributed by atoms with E-state index in [1.54, 1.807) is 11.3 Å². The van der Waals surface area contributed by atoms with Gasteiger partial charge in [0.05, 0.1) is 5.75 Å². The number of anilines is 2. The summed E-state index contributed by atoms with van der Waals surface area (Å²) in [5, 5.41) is 4.97. The van der Waals surface area contributed by atoms with Gasteiger partial charge in [0.15, 0.2) is 0 Å². The number of fused-ring (bicyclic) bond motifs is 1. The minimum atomic E-state index is -0.0315. The molecule has 0 saturated heterocycles. The lowest BCUT2D eigenvalue weighted by Gasteiger charge is -2.13. The van der Waals surface area contributed by atoms with E-state index in [-0.39, 0.29) is 5.91 Å². The lowest BCUT2D eigenvalue weighted by atomic mass is 10.2. The van der Waals surface area contributed by atoms with Crippen LogP contribution in [0.15, 0.2) is 29.3 Å². The van der Waals surface area contributed by atoms with Crippen LogP contribution in [-0.4, -0.2) is 35.7 Å². The minimum absolute atomic E-state index is 0.0315. The number of benzene rings is 1. The molecule has 5 nitrogen and oxygen atoms in total. The third-order valence-electron chi connectivity index (χ3n) is 4.52. The smallest absolute Gasteiger partial charge is 0.234 e. The maximum Gasteiger partial charge on any atom is 0.234 e. The van der Waals surface area contributed by atoms with Gasteiger partial charge in [0, 0.05) is 42.2 Å². The number of aryl methyl sites for hydroxylation is 3. The second-order valence-electron chi connectivity index (χ2n) is 6.94. The molecule has 0 aliphatic heterocycles. The van der Waals surface area contributed by atoms with Crippen LogP contribution in [0.4, 0.5) is 11.4 Å². The van der Waals surface area contributed by atoms with Gasteiger partial charge in [-0.1, -0.05) is 18.7 Å². The highest BCUT2D eigenvalue weighted by Gasteiger charge is 2.16. The summed E-state index contributed by atoms with van der Waals surface area (Å²) < 4.78 is 0. The van der Waals surface area contributed by atoms with E-state index >= 15 is 0 Å². The van der Waals surface area contributed by atoms with Crippen LogP contribution >= 0.6 is 23.1 Å². The number of carbonyl (C=O) groups excluding carboxylic acids is 1. The zero-order valence-electron chi connectivity index (χ0n) is 17.0. The first-order valence-corrected chi connectivity index (χ1v) is 11.2. The van der Waals surface area contributed by atoms with Gasteiger partial charge in [0.1, 0.15) is 15.7 Å². The first-order valence-electron chi connectivity index (χ1n) is 9.35. The molecule has 2 aromatic heterocycles. The fourth-order valence-corrected chi connectivity index (χ4v) is 4.89. The van der Waals surface area contributed by atoms with Crippen LogP contribution in [0.2, 0.25) is 0 Å². The first kappa shape index (κ1) is 20.6. The molecular weight excluding hydrogens is 388 g/mol. The quantitative estimate of drug-likeness (QED) is 0.433. The van der Waals surface area contributed by atoms with Gasteiger partial charge < -0.3 is 10.2 Å². The van der Waals surface area contributed by atoms with Crippen LogP contribution in [0.3, 0.4) is 0 Å². The average molecular weight is 415 g/mol. The monoisotopic (exact) mass is 414 g/mol. The molecule has 0 atom stereocenters. The van der Waals surface area contributed by atoms with Gasteiger partial charge in [0.2, 0.25) is 5.91 Å². The number of hydrogen-bond donors (Lipinski definition) is 1. The topological polar surface area (TPSA) is 58.1 Å². The zero-order chi connectivity index (χ0) is 20.3. The van der Waals surface area contributed by atoms with Gasteiger partial charge in [-0.3, -0.25) is 4.79 Å². The van der Waals surface area contributed by atoms with Gasteiger partial charge in [0.25, 0.3) is 0 Å². The van der Waals surface area contributed by atoms with Gasteiger partial charge in [-0.05, 0) is 50.1 Å². The zero-order valence-corrected chi connectivity index (χ0v) is 18.6. The van der Waals surface area contributed by atoms with Crippen LogP contribution in [0, 0.1) is 13.8 Å². The third kappa shape index (κ3) is 4.64. The molecule has 0 spiro atoms. The molecule has 0 fully saturated rings. The Bertz CT molecular complexity index is 980. The molecule has 148 valence electrons. The molecule has 3 aromatic rings. The molecule has 1 aromatic carbocycles. The fraction of sp³-hybridized carbons (Fsp3) is 0.381. The molecule has 3 rings (SSSR count). The number of hydrogen-bond acceptors (Lipinski definition) is 6. The van der Waals surface area contributed by atoms with Crippen molar-refractivity contribution in [1.29, 1.82) is 0 Å².